The largest absolute Gasteiger partial charge is 0.329 e. The van der Waals surface area contributed by atoms with Crippen LogP contribution in [0.4, 0.5) is 0 Å². The Bertz CT molecular complexity index is 438. The van der Waals surface area contributed by atoms with Gasteiger partial charge in [-0.25, -0.2) is 0 Å². The lowest BCUT2D eigenvalue weighted by atomic mass is 9.87. The fraction of sp³-hybridized carbons (Fsp3) is 0.812. The van der Waals surface area contributed by atoms with Crippen molar-refractivity contribution in [2.45, 2.75) is 64.0 Å². The maximum absolute atomic E-state index is 6.12. The Hall–Kier alpha value is -0.870. The van der Waals surface area contributed by atoms with Crippen molar-refractivity contribution in [1.29, 1.82) is 0 Å². The van der Waals surface area contributed by atoms with E-state index >= 15 is 0 Å². The zero-order chi connectivity index (χ0) is 14.9. The summed E-state index contributed by atoms with van der Waals surface area (Å²) in [4.78, 5) is 2.49. The van der Waals surface area contributed by atoms with E-state index in [4.69, 9.17) is 10.8 Å². The van der Waals surface area contributed by atoms with Crippen molar-refractivity contribution < 1.29 is 0 Å². The fourth-order valence-corrected chi connectivity index (χ4v) is 3.41. The summed E-state index contributed by atoms with van der Waals surface area (Å²) in [6.07, 6.45) is 7.47. The quantitative estimate of drug-likeness (QED) is 0.921. The Labute approximate surface area is 123 Å². The summed E-state index contributed by atoms with van der Waals surface area (Å²) in [5, 5.41) is 4.69. The van der Waals surface area contributed by atoms with E-state index in [1.165, 1.54) is 36.9 Å². The van der Waals surface area contributed by atoms with Crippen LogP contribution in [0.3, 0.4) is 0 Å². The van der Waals surface area contributed by atoms with Crippen LogP contribution in [0.5, 0.6) is 0 Å². The Kier molecular flexibility index (Phi) is 4.55. The van der Waals surface area contributed by atoms with E-state index in [9.17, 15) is 0 Å². The second-order valence-electron chi connectivity index (χ2n) is 7.21. The first-order valence-electron chi connectivity index (χ1n) is 7.80. The molecule has 1 saturated carbocycles. The Morgan fingerprint density at radius 1 is 1.40 bits per heavy atom. The minimum absolute atomic E-state index is 0.0561. The Morgan fingerprint density at radius 2 is 2.00 bits per heavy atom. The van der Waals surface area contributed by atoms with Crippen LogP contribution in [-0.2, 0) is 12.5 Å². The first-order chi connectivity index (χ1) is 9.34. The molecule has 1 heterocycles. The molecule has 0 radical (unpaired) electrons. The topological polar surface area (TPSA) is 47.1 Å². The average molecular weight is 278 g/mol. The van der Waals surface area contributed by atoms with E-state index < -0.39 is 0 Å². The maximum Gasteiger partial charge on any atom is 0.0726 e. The van der Waals surface area contributed by atoms with Crippen molar-refractivity contribution in [3.05, 3.63) is 17.5 Å². The highest BCUT2D eigenvalue weighted by Crippen LogP contribution is 2.34. The van der Waals surface area contributed by atoms with Gasteiger partial charge in [0.1, 0.15) is 0 Å². The fourth-order valence-electron chi connectivity index (χ4n) is 3.41. The van der Waals surface area contributed by atoms with Gasteiger partial charge in [0.05, 0.1) is 11.7 Å². The molecule has 1 unspecified atom stereocenters. The van der Waals surface area contributed by atoms with Gasteiger partial charge in [-0.1, -0.05) is 33.6 Å². The normalized spacial score (nSPS) is 18.9. The highest BCUT2D eigenvalue weighted by molar-refractivity contribution is 5.28. The standard InChI is InChI=1S/C16H30N4/c1-16(2,3)15-13(11-19(4)18-15)14(10-17)20(5)12-8-6-7-9-12/h11-12,14H,6-10,17H2,1-5H3. The van der Waals surface area contributed by atoms with Crippen molar-refractivity contribution in [2.24, 2.45) is 12.8 Å². The number of rotatable bonds is 4. The first-order valence-corrected chi connectivity index (χ1v) is 7.80. The van der Waals surface area contributed by atoms with E-state index in [1.54, 1.807) is 0 Å². The zero-order valence-electron chi connectivity index (χ0n) is 13.7. The van der Waals surface area contributed by atoms with Crippen LogP contribution in [0.25, 0.3) is 0 Å². The monoisotopic (exact) mass is 278 g/mol. The van der Waals surface area contributed by atoms with Gasteiger partial charge in [-0.2, -0.15) is 5.10 Å². The van der Waals surface area contributed by atoms with Crippen molar-refractivity contribution in [2.75, 3.05) is 13.6 Å². The average Bonchev–Trinajstić information content (AvgIpc) is 2.98. The molecule has 1 aromatic rings. The number of likely N-dealkylation sites (N-methyl/N-ethyl adjacent to an activating group) is 1. The summed E-state index contributed by atoms with van der Waals surface area (Å²) in [7, 11) is 4.23. The van der Waals surface area contributed by atoms with Gasteiger partial charge in [0, 0.05) is 36.8 Å². The van der Waals surface area contributed by atoms with E-state index in [0.29, 0.717) is 12.6 Å². The van der Waals surface area contributed by atoms with Gasteiger partial charge in [0.2, 0.25) is 0 Å². The second kappa shape index (κ2) is 5.86. The van der Waals surface area contributed by atoms with E-state index in [0.717, 1.165) is 0 Å². The third-order valence-corrected chi connectivity index (χ3v) is 4.54. The molecule has 0 saturated heterocycles. The van der Waals surface area contributed by atoms with Crippen molar-refractivity contribution in [1.82, 2.24) is 14.7 Å². The molecular formula is C16H30N4. The summed E-state index contributed by atoms with van der Waals surface area (Å²) in [5.41, 5.74) is 8.66. The van der Waals surface area contributed by atoms with Crippen molar-refractivity contribution in [3.63, 3.8) is 0 Å². The van der Waals surface area contributed by atoms with Gasteiger partial charge < -0.3 is 5.73 Å². The smallest absolute Gasteiger partial charge is 0.0726 e. The lowest BCUT2D eigenvalue weighted by molar-refractivity contribution is 0.178. The molecule has 4 nitrogen and oxygen atoms in total. The summed E-state index contributed by atoms with van der Waals surface area (Å²) < 4.78 is 1.93. The van der Waals surface area contributed by atoms with E-state index in [-0.39, 0.29) is 11.5 Å². The van der Waals surface area contributed by atoms with Crippen LogP contribution < -0.4 is 5.73 Å². The number of aryl methyl sites for hydroxylation is 1. The molecule has 0 spiro atoms. The minimum atomic E-state index is 0.0561. The predicted octanol–water partition coefficient (Wildman–Crippen LogP) is 2.59. The molecular weight excluding hydrogens is 248 g/mol. The molecule has 20 heavy (non-hydrogen) atoms. The van der Waals surface area contributed by atoms with Crippen molar-refractivity contribution >= 4 is 0 Å². The predicted molar refractivity (Wildman–Crippen MR) is 83.7 cm³/mol. The molecule has 4 heteroatoms. The highest BCUT2D eigenvalue weighted by atomic mass is 15.3. The molecule has 2 N–H and O–H groups in total. The number of nitrogens with zero attached hydrogens (tertiary/aromatic N) is 3. The summed E-state index contributed by atoms with van der Waals surface area (Å²) in [6, 6.07) is 0.956. The molecule has 0 bridgehead atoms. The van der Waals surface area contributed by atoms with Gasteiger partial charge >= 0.3 is 0 Å². The highest BCUT2D eigenvalue weighted by Gasteiger charge is 2.31. The first kappa shape index (κ1) is 15.5. The van der Waals surface area contributed by atoms with Crippen LogP contribution in [0, 0.1) is 0 Å². The van der Waals surface area contributed by atoms with Gasteiger partial charge in [-0.15, -0.1) is 0 Å². The number of hydrogen-bond donors (Lipinski definition) is 1. The number of aromatic nitrogens is 2. The van der Waals surface area contributed by atoms with Crippen LogP contribution in [0.15, 0.2) is 6.20 Å². The van der Waals surface area contributed by atoms with Crippen LogP contribution in [-0.4, -0.2) is 34.3 Å². The van der Waals surface area contributed by atoms with Crippen LogP contribution in [0.2, 0.25) is 0 Å². The second-order valence-corrected chi connectivity index (χ2v) is 7.21. The Morgan fingerprint density at radius 3 is 2.50 bits per heavy atom. The minimum Gasteiger partial charge on any atom is -0.329 e. The lowest BCUT2D eigenvalue weighted by Crippen LogP contribution is -2.38. The molecule has 1 atom stereocenters. The van der Waals surface area contributed by atoms with Crippen LogP contribution in [0.1, 0.15) is 63.8 Å². The third-order valence-electron chi connectivity index (χ3n) is 4.54. The van der Waals surface area contributed by atoms with E-state index in [1.807, 2.05) is 11.7 Å². The molecule has 1 fully saturated rings. The van der Waals surface area contributed by atoms with Gasteiger partial charge in [0.15, 0.2) is 0 Å². The summed E-state index contributed by atoms with van der Waals surface area (Å²) >= 11 is 0. The molecule has 0 aromatic carbocycles. The van der Waals surface area contributed by atoms with Crippen LogP contribution >= 0.6 is 0 Å². The summed E-state index contributed by atoms with van der Waals surface area (Å²) in [5.74, 6) is 0. The Balaban J connectivity index is 2.31. The molecule has 2 rings (SSSR count). The van der Waals surface area contributed by atoms with Gasteiger partial charge in [-0.3, -0.25) is 9.58 Å². The molecule has 114 valence electrons. The van der Waals surface area contributed by atoms with E-state index in [2.05, 4.69) is 38.9 Å². The molecule has 0 aliphatic heterocycles. The maximum atomic E-state index is 6.12. The third kappa shape index (κ3) is 3.07. The molecule has 1 aliphatic carbocycles. The SMILES string of the molecule is CN(C1CCCC1)C(CN)c1cn(C)nc1C(C)(C)C. The lowest BCUT2D eigenvalue weighted by Gasteiger charge is -2.33. The number of hydrogen-bond acceptors (Lipinski definition) is 3. The zero-order valence-corrected chi connectivity index (χ0v) is 13.7. The number of nitrogens with two attached hydrogens (primary N) is 1. The van der Waals surface area contributed by atoms with Gasteiger partial charge in [0.25, 0.3) is 0 Å². The molecule has 1 aliphatic rings. The summed E-state index contributed by atoms with van der Waals surface area (Å²) in [6.45, 7) is 7.33. The molecule has 1 aromatic heterocycles. The molecule has 0 amide bonds. The van der Waals surface area contributed by atoms with Crippen molar-refractivity contribution in [3.8, 4) is 0 Å². The van der Waals surface area contributed by atoms with Gasteiger partial charge in [-0.05, 0) is 19.9 Å².